The Morgan fingerprint density at radius 2 is 1.95 bits per heavy atom. The van der Waals surface area contributed by atoms with Crippen LogP contribution in [0.25, 0.3) is 0 Å². The normalized spacial score (nSPS) is 10.1. The van der Waals surface area contributed by atoms with Crippen molar-refractivity contribution in [1.29, 1.82) is 5.26 Å². The van der Waals surface area contributed by atoms with Crippen molar-refractivity contribution < 1.29 is 4.79 Å². The molecule has 1 N–H and O–H groups in total. The van der Waals surface area contributed by atoms with Crippen LogP contribution >= 0.6 is 0 Å². The lowest BCUT2D eigenvalue weighted by atomic mass is 10.1. The molecule has 1 heterocycles. The van der Waals surface area contributed by atoms with Gasteiger partial charge in [0, 0.05) is 0 Å². The molecule has 0 fully saturated rings. The Bertz CT molecular complexity index is 656. The first-order valence-electron chi connectivity index (χ1n) is 6.26. The number of hydrogen-bond donors (Lipinski definition) is 1. The Hall–Kier alpha value is -2.74. The molecule has 0 saturated carbocycles. The highest BCUT2D eigenvalue weighted by molar-refractivity contribution is 6.03. The van der Waals surface area contributed by atoms with E-state index in [1.165, 1.54) is 0 Å². The molecule has 0 unspecified atom stereocenters. The van der Waals surface area contributed by atoms with Gasteiger partial charge in [0.15, 0.2) is 5.69 Å². The molecule has 1 aromatic heterocycles. The van der Waals surface area contributed by atoms with E-state index in [1.807, 2.05) is 19.9 Å². The van der Waals surface area contributed by atoms with Crippen LogP contribution in [-0.2, 0) is 0 Å². The van der Waals surface area contributed by atoms with Crippen LogP contribution in [0.1, 0.15) is 41.5 Å². The summed E-state index contributed by atoms with van der Waals surface area (Å²) >= 11 is 0. The summed E-state index contributed by atoms with van der Waals surface area (Å²) < 4.78 is 0. The molecule has 20 heavy (non-hydrogen) atoms. The largest absolute Gasteiger partial charge is 0.319 e. The number of benzene rings is 1. The molecule has 2 aromatic rings. The smallest absolute Gasteiger partial charge is 0.276 e. The van der Waals surface area contributed by atoms with Crippen LogP contribution in [-0.4, -0.2) is 16.1 Å². The monoisotopic (exact) mass is 266 g/mol. The minimum absolute atomic E-state index is 0.224. The zero-order valence-corrected chi connectivity index (χ0v) is 11.3. The summed E-state index contributed by atoms with van der Waals surface area (Å²) in [7, 11) is 0. The quantitative estimate of drug-likeness (QED) is 0.926. The summed E-state index contributed by atoms with van der Waals surface area (Å²) in [5.41, 5.74) is 1.93. The van der Waals surface area contributed by atoms with Crippen molar-refractivity contribution in [2.24, 2.45) is 0 Å². The van der Waals surface area contributed by atoms with E-state index in [0.717, 1.165) is 5.69 Å². The highest BCUT2D eigenvalue weighted by atomic mass is 16.1. The molecule has 1 amide bonds. The topological polar surface area (TPSA) is 78.7 Å². The van der Waals surface area contributed by atoms with E-state index >= 15 is 0 Å². The zero-order chi connectivity index (χ0) is 14.5. The second-order valence-corrected chi connectivity index (χ2v) is 4.61. The number of rotatable bonds is 3. The van der Waals surface area contributed by atoms with Gasteiger partial charge in [-0.15, -0.1) is 5.10 Å². The minimum Gasteiger partial charge on any atom is -0.319 e. The highest BCUT2D eigenvalue weighted by Crippen LogP contribution is 2.15. The fourth-order valence-electron chi connectivity index (χ4n) is 1.65. The fraction of sp³-hybridized carbons (Fsp3) is 0.200. The third-order valence-corrected chi connectivity index (χ3v) is 2.81. The molecule has 0 saturated heterocycles. The van der Waals surface area contributed by atoms with Crippen molar-refractivity contribution in [2.75, 3.05) is 5.32 Å². The molecule has 0 atom stereocenters. The number of aromatic nitrogens is 2. The van der Waals surface area contributed by atoms with Crippen molar-refractivity contribution in [2.45, 2.75) is 19.8 Å². The van der Waals surface area contributed by atoms with Crippen molar-refractivity contribution in [1.82, 2.24) is 10.2 Å². The lowest BCUT2D eigenvalue weighted by Crippen LogP contribution is -2.15. The van der Waals surface area contributed by atoms with Crippen molar-refractivity contribution >= 4 is 11.6 Å². The number of anilines is 1. The Kier molecular flexibility index (Phi) is 4.06. The summed E-state index contributed by atoms with van der Waals surface area (Å²) in [5, 5.41) is 19.5. The van der Waals surface area contributed by atoms with Gasteiger partial charge in [-0.3, -0.25) is 4.79 Å². The molecule has 5 heteroatoms. The van der Waals surface area contributed by atoms with Gasteiger partial charge >= 0.3 is 0 Å². The average Bonchev–Trinajstić information content (AvgIpc) is 2.48. The summed E-state index contributed by atoms with van der Waals surface area (Å²) in [6.45, 7) is 4.01. The number of amides is 1. The number of nitrogens with zero attached hydrogens (tertiary/aromatic N) is 3. The molecule has 0 bridgehead atoms. The molecule has 0 radical (unpaired) electrons. The van der Waals surface area contributed by atoms with E-state index in [1.54, 1.807) is 36.4 Å². The number of carbonyl (C=O) groups excluding carboxylic acids is 1. The Labute approximate surface area is 117 Å². The SMILES string of the molecule is CC(C)c1ccc(C(=O)Nc2ccccc2C#N)nn1. The van der Waals surface area contributed by atoms with Gasteiger partial charge in [0.1, 0.15) is 6.07 Å². The summed E-state index contributed by atoms with van der Waals surface area (Å²) in [6.07, 6.45) is 0. The Morgan fingerprint density at radius 1 is 1.20 bits per heavy atom. The molecule has 5 nitrogen and oxygen atoms in total. The van der Waals surface area contributed by atoms with Gasteiger partial charge < -0.3 is 5.32 Å². The lowest BCUT2D eigenvalue weighted by molar-refractivity contribution is 0.102. The van der Waals surface area contributed by atoms with E-state index in [0.29, 0.717) is 11.3 Å². The highest BCUT2D eigenvalue weighted by Gasteiger charge is 2.11. The number of nitrogens with one attached hydrogen (secondary N) is 1. The maximum atomic E-state index is 12.0. The first kappa shape index (κ1) is 13.7. The van der Waals surface area contributed by atoms with Crippen molar-refractivity contribution in [3.05, 3.63) is 53.3 Å². The van der Waals surface area contributed by atoms with Gasteiger partial charge in [0.2, 0.25) is 0 Å². The summed E-state index contributed by atoms with van der Waals surface area (Å²) in [4.78, 5) is 12.0. The van der Waals surface area contributed by atoms with Crippen LogP contribution in [0.3, 0.4) is 0 Å². The van der Waals surface area contributed by atoms with Crippen LogP contribution in [0.2, 0.25) is 0 Å². The lowest BCUT2D eigenvalue weighted by Gasteiger charge is -2.07. The van der Waals surface area contributed by atoms with Crippen molar-refractivity contribution in [3.8, 4) is 6.07 Å². The van der Waals surface area contributed by atoms with Crippen LogP contribution in [0.5, 0.6) is 0 Å². The second kappa shape index (κ2) is 5.93. The van der Waals surface area contributed by atoms with Gasteiger partial charge in [0.25, 0.3) is 5.91 Å². The second-order valence-electron chi connectivity index (χ2n) is 4.61. The summed E-state index contributed by atoms with van der Waals surface area (Å²) in [6, 6.07) is 12.2. The number of carbonyl (C=O) groups is 1. The van der Waals surface area contributed by atoms with Crippen LogP contribution in [0.15, 0.2) is 36.4 Å². The molecule has 2 rings (SSSR count). The molecule has 0 aliphatic carbocycles. The number of nitriles is 1. The van der Waals surface area contributed by atoms with Gasteiger partial charge in [-0.1, -0.05) is 26.0 Å². The van der Waals surface area contributed by atoms with E-state index in [-0.39, 0.29) is 17.5 Å². The third-order valence-electron chi connectivity index (χ3n) is 2.81. The molecule has 0 spiro atoms. The molecule has 0 aliphatic heterocycles. The maximum Gasteiger partial charge on any atom is 0.276 e. The average molecular weight is 266 g/mol. The fourth-order valence-corrected chi connectivity index (χ4v) is 1.65. The van der Waals surface area contributed by atoms with Gasteiger partial charge in [-0.05, 0) is 30.2 Å². The van der Waals surface area contributed by atoms with E-state index in [2.05, 4.69) is 15.5 Å². The van der Waals surface area contributed by atoms with E-state index in [4.69, 9.17) is 5.26 Å². The maximum absolute atomic E-state index is 12.0. The third kappa shape index (κ3) is 2.98. The van der Waals surface area contributed by atoms with Gasteiger partial charge in [0.05, 0.1) is 16.9 Å². The van der Waals surface area contributed by atoms with Crippen LogP contribution in [0, 0.1) is 11.3 Å². The Morgan fingerprint density at radius 3 is 2.55 bits per heavy atom. The molecule has 0 aliphatic rings. The van der Waals surface area contributed by atoms with Crippen LogP contribution < -0.4 is 5.32 Å². The summed E-state index contributed by atoms with van der Waals surface area (Å²) in [5.74, 6) is -0.116. The zero-order valence-electron chi connectivity index (χ0n) is 11.3. The van der Waals surface area contributed by atoms with Crippen molar-refractivity contribution in [3.63, 3.8) is 0 Å². The minimum atomic E-state index is -0.379. The first-order chi connectivity index (χ1) is 9.61. The number of hydrogen-bond acceptors (Lipinski definition) is 4. The standard InChI is InChI=1S/C15H14N4O/c1-10(2)12-7-8-14(19-18-12)15(20)17-13-6-4-3-5-11(13)9-16/h3-8,10H,1-2H3,(H,17,20). The predicted octanol–water partition coefficient (Wildman–Crippen LogP) is 2.72. The molecule has 1 aromatic carbocycles. The molecular formula is C15H14N4O. The molecule has 100 valence electrons. The van der Waals surface area contributed by atoms with Crippen LogP contribution in [0.4, 0.5) is 5.69 Å². The van der Waals surface area contributed by atoms with Gasteiger partial charge in [-0.2, -0.15) is 10.4 Å². The predicted molar refractivity (Wildman–Crippen MR) is 75.2 cm³/mol. The molecular weight excluding hydrogens is 252 g/mol. The Balaban J connectivity index is 2.18. The van der Waals surface area contributed by atoms with E-state index in [9.17, 15) is 4.79 Å². The van der Waals surface area contributed by atoms with Gasteiger partial charge in [-0.25, -0.2) is 0 Å². The first-order valence-corrected chi connectivity index (χ1v) is 6.26. The van der Waals surface area contributed by atoms with E-state index < -0.39 is 0 Å². The number of para-hydroxylation sites is 1.